The zero-order valence-corrected chi connectivity index (χ0v) is 20.1. The Morgan fingerprint density at radius 1 is 0.857 bits per heavy atom. The summed E-state index contributed by atoms with van der Waals surface area (Å²) in [6.45, 7) is 6.00. The molecule has 3 aromatic carbocycles. The number of benzene rings is 3. The highest BCUT2D eigenvalue weighted by Gasteiger charge is 2.27. The minimum absolute atomic E-state index is 0.0240. The summed E-state index contributed by atoms with van der Waals surface area (Å²) < 4.78 is 14.4. The molecule has 0 saturated carbocycles. The Morgan fingerprint density at radius 3 is 2.11 bits per heavy atom. The topological polar surface area (TPSA) is 43.9 Å². The van der Waals surface area contributed by atoms with Gasteiger partial charge in [0.25, 0.3) is 5.91 Å². The smallest absolute Gasteiger partial charge is 0.257 e. The van der Waals surface area contributed by atoms with Gasteiger partial charge in [0.1, 0.15) is 5.82 Å². The molecule has 35 heavy (non-hydrogen) atoms. The fraction of sp³-hybridized carbons (Fsp3) is 0.310. The molecule has 1 unspecified atom stereocenters. The van der Waals surface area contributed by atoms with Crippen molar-refractivity contribution in [2.75, 3.05) is 32.7 Å². The SMILES string of the molecule is CC(c1ccccc1)N(CCC(=O)N1CCN(Cc2ccccc2)CC1)C(=O)c1ccccc1F. The van der Waals surface area contributed by atoms with E-state index in [0.29, 0.717) is 13.1 Å². The molecule has 182 valence electrons. The lowest BCUT2D eigenvalue weighted by atomic mass is 10.0. The van der Waals surface area contributed by atoms with E-state index in [2.05, 4.69) is 17.0 Å². The van der Waals surface area contributed by atoms with Crippen LogP contribution in [0.4, 0.5) is 4.39 Å². The summed E-state index contributed by atoms with van der Waals surface area (Å²) in [5, 5.41) is 0. The van der Waals surface area contributed by atoms with Gasteiger partial charge in [-0.25, -0.2) is 4.39 Å². The Kier molecular flexibility index (Phi) is 8.27. The molecule has 3 aromatic rings. The maximum absolute atomic E-state index is 14.4. The average molecular weight is 474 g/mol. The van der Waals surface area contributed by atoms with E-state index in [4.69, 9.17) is 0 Å². The summed E-state index contributed by atoms with van der Waals surface area (Å²) in [5.74, 6) is -0.931. The standard InChI is InChI=1S/C29H32FN3O2/c1-23(25-12-6-3-7-13-25)33(29(35)26-14-8-9-15-27(26)30)17-16-28(34)32-20-18-31(19-21-32)22-24-10-4-2-5-11-24/h2-15,23H,16-22H2,1H3. The van der Waals surface area contributed by atoms with Gasteiger partial charge in [-0.15, -0.1) is 0 Å². The summed E-state index contributed by atoms with van der Waals surface area (Å²) in [7, 11) is 0. The fourth-order valence-electron chi connectivity index (χ4n) is 4.54. The first-order valence-corrected chi connectivity index (χ1v) is 12.2. The Morgan fingerprint density at radius 2 is 1.46 bits per heavy atom. The van der Waals surface area contributed by atoms with Crippen LogP contribution in [-0.4, -0.2) is 59.2 Å². The predicted octanol–water partition coefficient (Wildman–Crippen LogP) is 4.76. The van der Waals surface area contributed by atoms with Gasteiger partial charge in [-0.3, -0.25) is 14.5 Å². The number of carbonyl (C=O) groups excluding carboxylic acids is 2. The molecule has 1 aliphatic rings. The van der Waals surface area contributed by atoms with Gasteiger partial charge >= 0.3 is 0 Å². The first-order valence-electron chi connectivity index (χ1n) is 12.2. The molecule has 1 atom stereocenters. The summed E-state index contributed by atoms with van der Waals surface area (Å²) in [4.78, 5) is 32.2. The van der Waals surface area contributed by atoms with Crippen LogP contribution < -0.4 is 0 Å². The number of amides is 2. The number of hydrogen-bond acceptors (Lipinski definition) is 3. The number of carbonyl (C=O) groups is 2. The molecule has 1 saturated heterocycles. The van der Waals surface area contributed by atoms with Crippen molar-refractivity contribution >= 4 is 11.8 Å². The van der Waals surface area contributed by atoms with Crippen LogP contribution in [0.25, 0.3) is 0 Å². The average Bonchev–Trinajstić information content (AvgIpc) is 2.90. The first kappa shape index (κ1) is 24.6. The molecule has 0 aliphatic carbocycles. The molecule has 0 N–H and O–H groups in total. The third kappa shape index (κ3) is 6.34. The van der Waals surface area contributed by atoms with E-state index >= 15 is 0 Å². The Labute approximate surface area is 206 Å². The van der Waals surface area contributed by atoms with Crippen molar-refractivity contribution in [3.63, 3.8) is 0 Å². The van der Waals surface area contributed by atoms with Crippen molar-refractivity contribution < 1.29 is 14.0 Å². The van der Waals surface area contributed by atoms with Crippen LogP contribution in [0, 0.1) is 5.82 Å². The molecular formula is C29H32FN3O2. The highest BCUT2D eigenvalue weighted by molar-refractivity contribution is 5.95. The molecule has 1 fully saturated rings. The van der Waals surface area contributed by atoms with Crippen LogP contribution in [0.2, 0.25) is 0 Å². The number of halogens is 1. The van der Waals surface area contributed by atoms with E-state index in [-0.39, 0.29) is 30.5 Å². The van der Waals surface area contributed by atoms with E-state index in [9.17, 15) is 14.0 Å². The first-order chi connectivity index (χ1) is 17.0. The van der Waals surface area contributed by atoms with E-state index in [0.717, 1.165) is 25.2 Å². The second-order valence-electron chi connectivity index (χ2n) is 8.96. The van der Waals surface area contributed by atoms with Gasteiger partial charge in [-0.1, -0.05) is 72.8 Å². The molecule has 0 radical (unpaired) electrons. The van der Waals surface area contributed by atoms with Gasteiger partial charge < -0.3 is 9.80 Å². The van der Waals surface area contributed by atoms with Crippen LogP contribution in [0.3, 0.4) is 0 Å². The second kappa shape index (κ2) is 11.8. The molecular weight excluding hydrogens is 441 g/mol. The molecule has 2 amide bonds. The quantitative estimate of drug-likeness (QED) is 0.474. The zero-order chi connectivity index (χ0) is 24.6. The maximum atomic E-state index is 14.4. The van der Waals surface area contributed by atoms with Gasteiger partial charge in [0.05, 0.1) is 11.6 Å². The van der Waals surface area contributed by atoms with E-state index < -0.39 is 11.7 Å². The number of rotatable bonds is 8. The molecule has 5 nitrogen and oxygen atoms in total. The van der Waals surface area contributed by atoms with Crippen LogP contribution >= 0.6 is 0 Å². The Balaban J connectivity index is 1.39. The van der Waals surface area contributed by atoms with Crippen molar-refractivity contribution in [1.82, 2.24) is 14.7 Å². The molecule has 1 aliphatic heterocycles. The van der Waals surface area contributed by atoms with Crippen molar-refractivity contribution in [2.24, 2.45) is 0 Å². The van der Waals surface area contributed by atoms with Crippen LogP contribution in [-0.2, 0) is 11.3 Å². The normalized spacial score (nSPS) is 15.0. The number of hydrogen-bond donors (Lipinski definition) is 0. The molecule has 6 heteroatoms. The molecule has 0 aromatic heterocycles. The lowest BCUT2D eigenvalue weighted by Gasteiger charge is -2.36. The Hall–Kier alpha value is -3.51. The van der Waals surface area contributed by atoms with Crippen molar-refractivity contribution in [1.29, 1.82) is 0 Å². The molecule has 4 rings (SSSR count). The Bertz CT molecular complexity index is 1120. The maximum Gasteiger partial charge on any atom is 0.257 e. The van der Waals surface area contributed by atoms with E-state index in [1.54, 1.807) is 17.0 Å². The van der Waals surface area contributed by atoms with Crippen LogP contribution in [0.5, 0.6) is 0 Å². The lowest BCUT2D eigenvalue weighted by Crippen LogP contribution is -2.49. The van der Waals surface area contributed by atoms with Crippen LogP contribution in [0.1, 0.15) is 40.9 Å². The zero-order valence-electron chi connectivity index (χ0n) is 20.1. The van der Waals surface area contributed by atoms with Gasteiger partial charge in [-0.2, -0.15) is 0 Å². The largest absolute Gasteiger partial charge is 0.340 e. The van der Waals surface area contributed by atoms with Gasteiger partial charge in [-0.05, 0) is 30.2 Å². The van der Waals surface area contributed by atoms with E-state index in [1.807, 2.05) is 60.4 Å². The number of piperazine rings is 1. The summed E-state index contributed by atoms with van der Waals surface area (Å²) in [6, 6.07) is 25.7. The van der Waals surface area contributed by atoms with Crippen LogP contribution in [0.15, 0.2) is 84.9 Å². The third-order valence-corrected chi connectivity index (χ3v) is 6.66. The number of nitrogens with zero attached hydrogens (tertiary/aromatic N) is 3. The minimum Gasteiger partial charge on any atom is -0.340 e. The monoisotopic (exact) mass is 473 g/mol. The van der Waals surface area contributed by atoms with Gasteiger partial charge in [0.2, 0.25) is 5.91 Å². The summed E-state index contributed by atoms with van der Waals surface area (Å²) >= 11 is 0. The summed E-state index contributed by atoms with van der Waals surface area (Å²) in [5.41, 5.74) is 2.24. The molecule has 0 spiro atoms. The third-order valence-electron chi connectivity index (χ3n) is 6.66. The molecule has 1 heterocycles. The highest BCUT2D eigenvalue weighted by Crippen LogP contribution is 2.24. The minimum atomic E-state index is -0.552. The highest BCUT2D eigenvalue weighted by atomic mass is 19.1. The lowest BCUT2D eigenvalue weighted by molar-refractivity contribution is -0.133. The van der Waals surface area contributed by atoms with Gasteiger partial charge in [0.15, 0.2) is 0 Å². The van der Waals surface area contributed by atoms with Gasteiger partial charge in [0, 0.05) is 45.7 Å². The van der Waals surface area contributed by atoms with E-state index in [1.165, 1.54) is 17.7 Å². The fourth-order valence-corrected chi connectivity index (χ4v) is 4.54. The van der Waals surface area contributed by atoms with Crippen molar-refractivity contribution in [2.45, 2.75) is 25.9 Å². The molecule has 0 bridgehead atoms. The van der Waals surface area contributed by atoms with Crippen molar-refractivity contribution in [3.8, 4) is 0 Å². The summed E-state index contributed by atoms with van der Waals surface area (Å²) in [6.07, 6.45) is 0.204. The van der Waals surface area contributed by atoms with Crippen molar-refractivity contribution in [3.05, 3.63) is 107 Å². The predicted molar refractivity (Wildman–Crippen MR) is 135 cm³/mol. The second-order valence-corrected chi connectivity index (χ2v) is 8.96.